The lowest BCUT2D eigenvalue weighted by Crippen LogP contribution is -2.43. The Labute approximate surface area is 141 Å². The van der Waals surface area contributed by atoms with Crippen LogP contribution in [0.15, 0.2) is 4.99 Å². The van der Waals surface area contributed by atoms with Gasteiger partial charge in [0, 0.05) is 38.6 Å². The molecule has 0 spiro atoms. The third-order valence-corrected chi connectivity index (χ3v) is 5.02. The molecule has 132 valence electrons. The van der Waals surface area contributed by atoms with Crippen LogP contribution in [-0.4, -0.2) is 60.4 Å². The van der Waals surface area contributed by atoms with E-state index in [1.54, 1.807) is 0 Å². The molecular weight excluding hydrogens is 288 g/mol. The Hall–Kier alpha value is -1.26. The Morgan fingerprint density at radius 3 is 2.70 bits per heavy atom. The molecule has 2 aliphatic rings. The second-order valence-corrected chi connectivity index (χ2v) is 7.75. The first-order valence-electron chi connectivity index (χ1n) is 9.25. The Kier molecular flexibility index (Phi) is 6.31. The highest BCUT2D eigenvalue weighted by atomic mass is 16.2. The zero-order chi connectivity index (χ0) is 16.9. The van der Waals surface area contributed by atoms with Gasteiger partial charge in [0.15, 0.2) is 5.96 Å². The molecule has 0 aliphatic carbocycles. The summed E-state index contributed by atoms with van der Waals surface area (Å²) in [6.45, 7) is 13.3. The molecule has 1 atom stereocenters. The highest BCUT2D eigenvalue weighted by Crippen LogP contribution is 2.28. The molecule has 0 saturated carbocycles. The first-order valence-corrected chi connectivity index (χ1v) is 9.25. The van der Waals surface area contributed by atoms with Crippen LogP contribution in [0.1, 0.15) is 59.8 Å². The van der Waals surface area contributed by atoms with Crippen LogP contribution in [0.4, 0.5) is 0 Å². The van der Waals surface area contributed by atoms with E-state index in [2.05, 4.69) is 37.9 Å². The maximum Gasteiger partial charge on any atom is 0.224 e. The number of likely N-dealkylation sites (tertiary alicyclic amines) is 2. The van der Waals surface area contributed by atoms with Crippen LogP contribution in [0.25, 0.3) is 0 Å². The first kappa shape index (κ1) is 18.1. The molecule has 0 bridgehead atoms. The summed E-state index contributed by atoms with van der Waals surface area (Å²) < 4.78 is 0. The Balaban J connectivity index is 1.87. The minimum absolute atomic E-state index is 0.263. The summed E-state index contributed by atoms with van der Waals surface area (Å²) >= 11 is 0. The maximum absolute atomic E-state index is 12.4. The lowest BCUT2D eigenvalue weighted by Gasteiger charge is -2.33. The Morgan fingerprint density at radius 1 is 1.30 bits per heavy atom. The topological polar surface area (TPSA) is 47.9 Å². The Morgan fingerprint density at radius 2 is 2.09 bits per heavy atom. The van der Waals surface area contributed by atoms with Gasteiger partial charge in [-0.15, -0.1) is 0 Å². The van der Waals surface area contributed by atoms with Crippen molar-refractivity contribution in [2.24, 2.45) is 10.4 Å². The van der Waals surface area contributed by atoms with Crippen LogP contribution in [-0.2, 0) is 4.79 Å². The van der Waals surface area contributed by atoms with Crippen molar-refractivity contribution in [3.63, 3.8) is 0 Å². The van der Waals surface area contributed by atoms with Crippen molar-refractivity contribution in [3.05, 3.63) is 0 Å². The number of amides is 1. The van der Waals surface area contributed by atoms with Gasteiger partial charge in [0.2, 0.25) is 5.91 Å². The van der Waals surface area contributed by atoms with Gasteiger partial charge < -0.3 is 15.1 Å². The van der Waals surface area contributed by atoms with Gasteiger partial charge in [-0.25, -0.2) is 0 Å². The SMILES string of the molecule is CCNC(=NCCC(=O)N1CCCCC1C)N1CCC(C)(C)C1. The number of nitrogens with one attached hydrogen (secondary N) is 1. The summed E-state index contributed by atoms with van der Waals surface area (Å²) in [5, 5.41) is 3.38. The van der Waals surface area contributed by atoms with Crippen molar-refractivity contribution in [2.45, 2.75) is 65.8 Å². The van der Waals surface area contributed by atoms with Gasteiger partial charge in [-0.2, -0.15) is 0 Å². The van der Waals surface area contributed by atoms with Crippen molar-refractivity contribution in [3.8, 4) is 0 Å². The summed E-state index contributed by atoms with van der Waals surface area (Å²) in [4.78, 5) is 21.5. The molecule has 23 heavy (non-hydrogen) atoms. The van der Waals surface area contributed by atoms with Gasteiger partial charge >= 0.3 is 0 Å². The van der Waals surface area contributed by atoms with Crippen molar-refractivity contribution in [2.75, 3.05) is 32.7 Å². The molecule has 2 fully saturated rings. The van der Waals surface area contributed by atoms with Gasteiger partial charge in [0.25, 0.3) is 0 Å². The molecule has 1 N–H and O–H groups in total. The number of rotatable bonds is 4. The molecule has 5 nitrogen and oxygen atoms in total. The highest BCUT2D eigenvalue weighted by Gasteiger charge is 2.31. The van der Waals surface area contributed by atoms with Gasteiger partial charge in [0.05, 0.1) is 6.54 Å². The summed E-state index contributed by atoms with van der Waals surface area (Å²) in [6.07, 6.45) is 5.25. The highest BCUT2D eigenvalue weighted by molar-refractivity contribution is 5.81. The smallest absolute Gasteiger partial charge is 0.224 e. The van der Waals surface area contributed by atoms with Crippen molar-refractivity contribution in [1.29, 1.82) is 0 Å². The minimum atomic E-state index is 0.263. The van der Waals surface area contributed by atoms with E-state index in [0.29, 0.717) is 24.4 Å². The third-order valence-electron chi connectivity index (χ3n) is 5.02. The van der Waals surface area contributed by atoms with Crippen LogP contribution < -0.4 is 5.32 Å². The summed E-state index contributed by atoms with van der Waals surface area (Å²) in [7, 11) is 0. The average molecular weight is 322 g/mol. The second-order valence-electron chi connectivity index (χ2n) is 7.75. The van der Waals surface area contributed by atoms with Crippen LogP contribution >= 0.6 is 0 Å². The average Bonchev–Trinajstić information content (AvgIpc) is 2.86. The number of nitrogens with zero attached hydrogens (tertiary/aromatic N) is 3. The van der Waals surface area contributed by atoms with Crippen molar-refractivity contribution in [1.82, 2.24) is 15.1 Å². The number of aliphatic imine (C=N–C) groups is 1. The van der Waals surface area contributed by atoms with E-state index in [0.717, 1.165) is 45.0 Å². The second kappa shape index (κ2) is 8.02. The first-order chi connectivity index (χ1) is 10.9. The lowest BCUT2D eigenvalue weighted by atomic mass is 9.93. The predicted octanol–water partition coefficient (Wildman–Crippen LogP) is 2.47. The number of carbonyl (C=O) groups excluding carboxylic acids is 1. The molecule has 2 rings (SSSR count). The van der Waals surface area contributed by atoms with Crippen LogP contribution in [0.5, 0.6) is 0 Å². The number of hydrogen-bond donors (Lipinski definition) is 1. The van der Waals surface area contributed by atoms with Gasteiger partial charge in [-0.05, 0) is 44.9 Å². The normalized spacial score (nSPS) is 24.9. The molecule has 2 heterocycles. The molecule has 2 saturated heterocycles. The lowest BCUT2D eigenvalue weighted by molar-refractivity contribution is -0.134. The number of piperidine rings is 1. The summed E-state index contributed by atoms with van der Waals surface area (Å²) in [5.41, 5.74) is 0.356. The molecule has 0 aromatic rings. The van der Waals surface area contributed by atoms with Crippen LogP contribution in [0, 0.1) is 5.41 Å². The van der Waals surface area contributed by atoms with E-state index < -0.39 is 0 Å². The number of carbonyl (C=O) groups is 1. The van der Waals surface area contributed by atoms with E-state index in [-0.39, 0.29) is 5.91 Å². The van der Waals surface area contributed by atoms with Gasteiger partial charge in [0.1, 0.15) is 0 Å². The fourth-order valence-electron chi connectivity index (χ4n) is 3.59. The fraction of sp³-hybridized carbons (Fsp3) is 0.889. The Bertz CT molecular complexity index is 433. The largest absolute Gasteiger partial charge is 0.357 e. The molecule has 2 aliphatic heterocycles. The van der Waals surface area contributed by atoms with E-state index in [4.69, 9.17) is 4.99 Å². The zero-order valence-corrected chi connectivity index (χ0v) is 15.4. The van der Waals surface area contributed by atoms with E-state index >= 15 is 0 Å². The summed E-state index contributed by atoms with van der Waals surface area (Å²) in [5.74, 6) is 1.23. The molecule has 0 radical (unpaired) electrons. The summed E-state index contributed by atoms with van der Waals surface area (Å²) in [6, 6.07) is 0.396. The van der Waals surface area contributed by atoms with Gasteiger partial charge in [-0.3, -0.25) is 9.79 Å². The number of guanidine groups is 1. The molecule has 0 aromatic heterocycles. The van der Waals surface area contributed by atoms with Crippen molar-refractivity contribution >= 4 is 11.9 Å². The van der Waals surface area contributed by atoms with E-state index in [1.807, 2.05) is 4.90 Å². The van der Waals surface area contributed by atoms with Crippen LogP contribution in [0.3, 0.4) is 0 Å². The number of hydrogen-bond acceptors (Lipinski definition) is 2. The van der Waals surface area contributed by atoms with E-state index in [1.165, 1.54) is 12.8 Å². The van der Waals surface area contributed by atoms with E-state index in [9.17, 15) is 4.79 Å². The minimum Gasteiger partial charge on any atom is -0.357 e. The molecular formula is C18H34N4O. The predicted molar refractivity (Wildman–Crippen MR) is 95.6 cm³/mol. The zero-order valence-electron chi connectivity index (χ0n) is 15.4. The third kappa shape index (κ3) is 5.11. The molecule has 1 amide bonds. The molecule has 1 unspecified atom stereocenters. The maximum atomic E-state index is 12.4. The molecule has 5 heteroatoms. The molecule has 0 aromatic carbocycles. The van der Waals surface area contributed by atoms with Crippen LogP contribution in [0.2, 0.25) is 0 Å². The standard InChI is InChI=1S/C18H34N4O/c1-5-19-17(21-13-10-18(3,4)14-21)20-11-9-16(23)22-12-7-6-8-15(22)2/h15H,5-14H2,1-4H3,(H,19,20). The van der Waals surface area contributed by atoms with Crippen molar-refractivity contribution < 1.29 is 4.79 Å². The van der Waals surface area contributed by atoms with Gasteiger partial charge in [-0.1, -0.05) is 13.8 Å². The monoisotopic (exact) mass is 322 g/mol. The quantitative estimate of drug-likeness (QED) is 0.639. The fourth-order valence-corrected chi connectivity index (χ4v) is 3.59.